The molecule has 0 aliphatic rings. The molecule has 5 nitrogen and oxygen atoms in total. The van der Waals surface area contributed by atoms with Gasteiger partial charge in [0.25, 0.3) is 0 Å². The standard InChI is InChI=1S/C22H47NO4Si2/c1-10-23(17-19(2)21(24)13-11-15-28(6,7)26-4)18-20(3)22(25)14-12-16-29(8,9)27-5/h19-20H,10-18H2,1-9H3. The highest BCUT2D eigenvalue weighted by Crippen LogP contribution is 2.18. The van der Waals surface area contributed by atoms with E-state index < -0.39 is 16.6 Å². The van der Waals surface area contributed by atoms with Crippen molar-refractivity contribution >= 4 is 28.2 Å². The molecule has 0 fully saturated rings. The maximum Gasteiger partial charge on any atom is 0.186 e. The predicted octanol–water partition coefficient (Wildman–Crippen LogP) is 4.98. The van der Waals surface area contributed by atoms with Gasteiger partial charge in [0.05, 0.1) is 0 Å². The third-order valence-electron chi connectivity index (χ3n) is 6.12. The Morgan fingerprint density at radius 2 is 1.14 bits per heavy atom. The van der Waals surface area contributed by atoms with Crippen LogP contribution in [0, 0.1) is 11.8 Å². The van der Waals surface area contributed by atoms with Gasteiger partial charge < -0.3 is 13.8 Å². The van der Waals surface area contributed by atoms with E-state index in [4.69, 9.17) is 8.85 Å². The Kier molecular flexibility index (Phi) is 13.7. The number of rotatable bonds is 17. The predicted molar refractivity (Wildman–Crippen MR) is 128 cm³/mol. The SMILES string of the molecule is CCN(CC(C)C(=O)CCC[Si](C)(C)OC)CC(C)C(=O)CCC[Si](C)(C)OC. The van der Waals surface area contributed by atoms with Crippen LogP contribution in [-0.2, 0) is 18.4 Å². The average molecular weight is 446 g/mol. The van der Waals surface area contributed by atoms with E-state index >= 15 is 0 Å². The van der Waals surface area contributed by atoms with Crippen molar-refractivity contribution in [2.75, 3.05) is 33.9 Å². The first kappa shape index (κ1) is 28.7. The van der Waals surface area contributed by atoms with Gasteiger partial charge in [-0.05, 0) is 57.7 Å². The topological polar surface area (TPSA) is 55.8 Å². The molecular formula is C22H47NO4Si2. The molecule has 0 aliphatic heterocycles. The summed E-state index contributed by atoms with van der Waals surface area (Å²) >= 11 is 0. The highest BCUT2D eigenvalue weighted by Gasteiger charge is 2.24. The maximum absolute atomic E-state index is 12.5. The largest absolute Gasteiger partial charge is 0.420 e. The molecule has 0 aromatic heterocycles. The van der Waals surface area contributed by atoms with Crippen molar-refractivity contribution in [3.63, 3.8) is 0 Å². The third-order valence-corrected chi connectivity index (χ3v) is 11.4. The van der Waals surface area contributed by atoms with E-state index in [2.05, 4.69) is 38.0 Å². The lowest BCUT2D eigenvalue weighted by atomic mass is 9.99. The van der Waals surface area contributed by atoms with Crippen LogP contribution in [0.15, 0.2) is 0 Å². The van der Waals surface area contributed by atoms with Crippen molar-refractivity contribution in [3.05, 3.63) is 0 Å². The van der Waals surface area contributed by atoms with E-state index in [0.717, 1.165) is 44.6 Å². The van der Waals surface area contributed by atoms with Crippen molar-refractivity contribution in [1.82, 2.24) is 4.90 Å². The van der Waals surface area contributed by atoms with E-state index in [1.165, 1.54) is 0 Å². The molecule has 0 rings (SSSR count). The molecule has 0 radical (unpaired) electrons. The zero-order valence-electron chi connectivity index (χ0n) is 20.6. The molecule has 7 heteroatoms. The lowest BCUT2D eigenvalue weighted by Gasteiger charge is -2.27. The molecule has 0 saturated heterocycles. The second kappa shape index (κ2) is 13.9. The van der Waals surface area contributed by atoms with Crippen LogP contribution in [0.5, 0.6) is 0 Å². The van der Waals surface area contributed by atoms with Gasteiger partial charge in [-0.15, -0.1) is 0 Å². The van der Waals surface area contributed by atoms with E-state index in [-0.39, 0.29) is 11.8 Å². The highest BCUT2D eigenvalue weighted by molar-refractivity contribution is 6.71. The van der Waals surface area contributed by atoms with Gasteiger partial charge in [-0.2, -0.15) is 0 Å². The fourth-order valence-electron chi connectivity index (χ4n) is 3.38. The number of hydrogen-bond acceptors (Lipinski definition) is 5. The number of nitrogens with zero attached hydrogens (tertiary/aromatic N) is 1. The van der Waals surface area contributed by atoms with Crippen LogP contribution in [0.25, 0.3) is 0 Å². The summed E-state index contributed by atoms with van der Waals surface area (Å²) < 4.78 is 11.1. The number of hydrogen-bond donors (Lipinski definition) is 0. The van der Waals surface area contributed by atoms with Gasteiger partial charge in [0.1, 0.15) is 11.6 Å². The molecule has 0 aliphatic carbocycles. The van der Waals surface area contributed by atoms with Gasteiger partial charge in [-0.25, -0.2) is 0 Å². The molecule has 2 atom stereocenters. The van der Waals surface area contributed by atoms with Crippen LogP contribution >= 0.6 is 0 Å². The number of carbonyl (C=O) groups excluding carboxylic acids is 2. The molecule has 172 valence electrons. The van der Waals surface area contributed by atoms with Gasteiger partial charge in [-0.3, -0.25) is 9.59 Å². The number of carbonyl (C=O) groups is 2. The zero-order chi connectivity index (χ0) is 22.7. The Bertz CT molecular complexity index is 455. The molecule has 2 unspecified atom stereocenters. The van der Waals surface area contributed by atoms with Gasteiger partial charge in [0.2, 0.25) is 0 Å². The summed E-state index contributed by atoms with van der Waals surface area (Å²) in [6.45, 7) is 17.3. The molecule has 0 saturated carbocycles. The van der Waals surface area contributed by atoms with Crippen LogP contribution in [0.2, 0.25) is 38.3 Å². The lowest BCUT2D eigenvalue weighted by Crippen LogP contribution is -2.37. The van der Waals surface area contributed by atoms with E-state index in [9.17, 15) is 9.59 Å². The second-order valence-electron chi connectivity index (χ2n) is 9.72. The summed E-state index contributed by atoms with van der Waals surface area (Å²) in [6.07, 6.45) is 3.09. The van der Waals surface area contributed by atoms with E-state index in [0.29, 0.717) is 24.4 Å². The molecule has 0 bridgehead atoms. The Morgan fingerprint density at radius 3 is 1.41 bits per heavy atom. The van der Waals surface area contributed by atoms with Crippen LogP contribution < -0.4 is 0 Å². The van der Waals surface area contributed by atoms with Crippen molar-refractivity contribution < 1.29 is 18.4 Å². The quantitative estimate of drug-likeness (QED) is 0.295. The molecule has 29 heavy (non-hydrogen) atoms. The summed E-state index contributed by atoms with van der Waals surface area (Å²) in [7, 11) is 0.386. The molecule has 0 heterocycles. The average Bonchev–Trinajstić information content (AvgIpc) is 2.66. The van der Waals surface area contributed by atoms with Crippen molar-refractivity contribution in [2.45, 2.75) is 84.7 Å². The monoisotopic (exact) mass is 445 g/mol. The number of ketones is 2. The van der Waals surface area contributed by atoms with Crippen LogP contribution in [0.3, 0.4) is 0 Å². The normalized spacial score (nSPS) is 14.8. The second-order valence-corrected chi connectivity index (χ2v) is 18.6. The van der Waals surface area contributed by atoms with Crippen molar-refractivity contribution in [2.24, 2.45) is 11.8 Å². The zero-order valence-corrected chi connectivity index (χ0v) is 22.6. The number of Topliss-reactive ketones (excluding diaryl/α,β-unsaturated/α-hetero) is 2. The third kappa shape index (κ3) is 12.8. The Morgan fingerprint density at radius 1 is 0.793 bits per heavy atom. The Balaban J connectivity index is 4.38. The fourth-order valence-corrected chi connectivity index (χ4v) is 5.85. The van der Waals surface area contributed by atoms with Crippen molar-refractivity contribution in [3.8, 4) is 0 Å². The minimum atomic E-state index is -1.58. The van der Waals surface area contributed by atoms with Gasteiger partial charge in [0.15, 0.2) is 16.6 Å². The first-order valence-corrected chi connectivity index (χ1v) is 17.5. The Labute approximate surface area is 182 Å². The van der Waals surface area contributed by atoms with Crippen LogP contribution in [0.4, 0.5) is 0 Å². The van der Waals surface area contributed by atoms with Crippen LogP contribution in [-0.4, -0.2) is 67.0 Å². The van der Waals surface area contributed by atoms with Gasteiger partial charge in [-0.1, -0.05) is 20.8 Å². The fraction of sp³-hybridized carbons (Fsp3) is 0.909. The summed E-state index contributed by atoms with van der Waals surface area (Å²) in [5.74, 6) is 0.682. The minimum Gasteiger partial charge on any atom is -0.420 e. The van der Waals surface area contributed by atoms with Crippen LogP contribution in [0.1, 0.15) is 46.5 Å². The summed E-state index contributed by atoms with van der Waals surface area (Å²) in [5, 5.41) is 0. The van der Waals surface area contributed by atoms with E-state index in [1.54, 1.807) is 14.2 Å². The Hall–Kier alpha value is -0.346. The summed E-state index contributed by atoms with van der Waals surface area (Å²) in [5.41, 5.74) is 0. The summed E-state index contributed by atoms with van der Waals surface area (Å²) in [4.78, 5) is 27.3. The molecule has 0 aromatic rings. The molecule has 0 aromatic carbocycles. The molecule has 0 N–H and O–H groups in total. The maximum atomic E-state index is 12.5. The summed E-state index contributed by atoms with van der Waals surface area (Å²) in [6, 6.07) is 2.04. The minimum absolute atomic E-state index is 0.0121. The highest BCUT2D eigenvalue weighted by atomic mass is 28.4. The smallest absolute Gasteiger partial charge is 0.186 e. The molecular weight excluding hydrogens is 398 g/mol. The molecule has 0 spiro atoms. The van der Waals surface area contributed by atoms with Gasteiger partial charge >= 0.3 is 0 Å². The van der Waals surface area contributed by atoms with Gasteiger partial charge in [0, 0.05) is 52.0 Å². The first-order valence-electron chi connectivity index (χ1n) is 11.3. The lowest BCUT2D eigenvalue weighted by molar-refractivity contribution is -0.123. The van der Waals surface area contributed by atoms with E-state index in [1.807, 2.05) is 13.8 Å². The first-order chi connectivity index (χ1) is 13.4. The molecule has 0 amide bonds. The van der Waals surface area contributed by atoms with Crippen molar-refractivity contribution in [1.29, 1.82) is 0 Å².